The predicted molar refractivity (Wildman–Crippen MR) is 79.5 cm³/mol. The number of esters is 1. The zero-order valence-electron chi connectivity index (χ0n) is 12.3. The second-order valence-corrected chi connectivity index (χ2v) is 7.12. The highest BCUT2D eigenvalue weighted by Crippen LogP contribution is 2.14. The lowest BCUT2D eigenvalue weighted by Crippen LogP contribution is -2.47. The smallest absolute Gasteiger partial charge is 0.337 e. The number of piperazine rings is 1. The van der Waals surface area contributed by atoms with Crippen molar-refractivity contribution in [1.29, 1.82) is 0 Å². The summed E-state index contributed by atoms with van der Waals surface area (Å²) in [5.74, 6) is -0.471. The highest BCUT2D eigenvalue weighted by atomic mass is 32.2. The Balaban J connectivity index is 2.05. The number of rotatable bonds is 4. The fourth-order valence-electron chi connectivity index (χ4n) is 2.22. The normalized spacial score (nSPS) is 17.6. The number of hydrogen-bond acceptors (Lipinski definition) is 5. The Kier molecular flexibility index (Phi) is 4.97. The van der Waals surface area contributed by atoms with Gasteiger partial charge in [-0.1, -0.05) is 12.1 Å². The molecule has 1 aromatic rings. The molecule has 1 heterocycles. The maximum atomic E-state index is 12.4. The molecule has 0 aromatic heterocycles. The first kappa shape index (κ1) is 15.9. The fraction of sp³-hybridized carbons (Fsp3) is 0.500. The molecule has 0 amide bonds. The van der Waals surface area contributed by atoms with Gasteiger partial charge in [-0.05, 0) is 24.7 Å². The fourth-order valence-corrected chi connectivity index (χ4v) is 3.74. The second-order valence-electron chi connectivity index (χ2n) is 5.15. The first-order chi connectivity index (χ1) is 9.92. The molecule has 0 N–H and O–H groups in total. The van der Waals surface area contributed by atoms with Crippen molar-refractivity contribution in [2.24, 2.45) is 0 Å². The van der Waals surface area contributed by atoms with Crippen molar-refractivity contribution in [3.63, 3.8) is 0 Å². The monoisotopic (exact) mass is 312 g/mol. The lowest BCUT2D eigenvalue weighted by atomic mass is 10.1. The Hall–Kier alpha value is -1.44. The quantitative estimate of drug-likeness (QED) is 0.760. The van der Waals surface area contributed by atoms with Gasteiger partial charge in [0.25, 0.3) is 0 Å². The molecular weight excluding hydrogens is 292 g/mol. The minimum Gasteiger partial charge on any atom is -0.465 e. The van der Waals surface area contributed by atoms with Gasteiger partial charge in [-0.3, -0.25) is 0 Å². The summed E-state index contributed by atoms with van der Waals surface area (Å²) in [6.07, 6.45) is 0. The third kappa shape index (κ3) is 4.03. The lowest BCUT2D eigenvalue weighted by Gasteiger charge is -2.31. The summed E-state index contributed by atoms with van der Waals surface area (Å²) >= 11 is 0. The molecule has 7 heteroatoms. The van der Waals surface area contributed by atoms with E-state index in [9.17, 15) is 13.2 Å². The van der Waals surface area contributed by atoms with Crippen molar-refractivity contribution >= 4 is 16.0 Å². The van der Waals surface area contributed by atoms with Gasteiger partial charge >= 0.3 is 5.97 Å². The molecule has 0 spiro atoms. The molecule has 0 aliphatic carbocycles. The van der Waals surface area contributed by atoms with Crippen molar-refractivity contribution in [2.45, 2.75) is 5.75 Å². The maximum absolute atomic E-state index is 12.4. The first-order valence-electron chi connectivity index (χ1n) is 6.76. The van der Waals surface area contributed by atoms with Gasteiger partial charge in [0, 0.05) is 26.2 Å². The average Bonchev–Trinajstić information content (AvgIpc) is 2.47. The summed E-state index contributed by atoms with van der Waals surface area (Å²) in [7, 11) is -0.0128. The molecule has 1 fully saturated rings. The number of likely N-dealkylation sites (N-methyl/N-ethyl adjacent to an activating group) is 1. The topological polar surface area (TPSA) is 66.9 Å². The number of hydrogen-bond donors (Lipinski definition) is 0. The van der Waals surface area contributed by atoms with E-state index in [0.717, 1.165) is 13.1 Å². The Morgan fingerprint density at radius 3 is 2.24 bits per heavy atom. The van der Waals surface area contributed by atoms with Crippen molar-refractivity contribution < 1.29 is 17.9 Å². The van der Waals surface area contributed by atoms with Gasteiger partial charge < -0.3 is 9.64 Å². The van der Waals surface area contributed by atoms with Gasteiger partial charge in [-0.25, -0.2) is 13.2 Å². The molecule has 21 heavy (non-hydrogen) atoms. The summed E-state index contributed by atoms with van der Waals surface area (Å²) in [6, 6.07) is 6.47. The van der Waals surface area contributed by atoms with Crippen molar-refractivity contribution in [3.8, 4) is 0 Å². The van der Waals surface area contributed by atoms with Crippen molar-refractivity contribution in [3.05, 3.63) is 35.4 Å². The number of nitrogens with zero attached hydrogens (tertiary/aromatic N) is 2. The number of sulfonamides is 1. The molecule has 0 bridgehead atoms. The molecule has 116 valence electrons. The summed E-state index contributed by atoms with van der Waals surface area (Å²) in [5, 5.41) is 0. The summed E-state index contributed by atoms with van der Waals surface area (Å²) < 4.78 is 30.8. The van der Waals surface area contributed by atoms with Crippen LogP contribution in [0.5, 0.6) is 0 Å². The van der Waals surface area contributed by atoms with E-state index in [-0.39, 0.29) is 5.75 Å². The van der Waals surface area contributed by atoms with Crippen LogP contribution in [0.3, 0.4) is 0 Å². The van der Waals surface area contributed by atoms with Crippen LogP contribution in [0.15, 0.2) is 24.3 Å². The maximum Gasteiger partial charge on any atom is 0.337 e. The van der Waals surface area contributed by atoms with Crippen LogP contribution in [0.4, 0.5) is 0 Å². The summed E-state index contributed by atoms with van der Waals surface area (Å²) in [4.78, 5) is 13.4. The van der Waals surface area contributed by atoms with Gasteiger partial charge in [0.15, 0.2) is 0 Å². The van der Waals surface area contributed by atoms with Crippen LogP contribution in [-0.4, -0.2) is 63.9 Å². The van der Waals surface area contributed by atoms with Crippen LogP contribution in [0.2, 0.25) is 0 Å². The Labute approximate surface area is 125 Å². The van der Waals surface area contributed by atoms with E-state index in [4.69, 9.17) is 0 Å². The van der Waals surface area contributed by atoms with Crippen molar-refractivity contribution in [1.82, 2.24) is 9.21 Å². The van der Waals surface area contributed by atoms with E-state index in [1.165, 1.54) is 11.4 Å². The van der Waals surface area contributed by atoms with Gasteiger partial charge in [-0.2, -0.15) is 4.31 Å². The Bertz CT molecular complexity index is 590. The standard InChI is InChI=1S/C14H20N2O4S/c1-15-7-9-16(10-8-15)21(18,19)11-12-3-5-13(6-4-12)14(17)20-2/h3-6H,7-11H2,1-2H3. The largest absolute Gasteiger partial charge is 0.465 e. The number of carbonyl (C=O) groups is 1. The van der Waals surface area contributed by atoms with Gasteiger partial charge in [-0.15, -0.1) is 0 Å². The Morgan fingerprint density at radius 2 is 1.71 bits per heavy atom. The predicted octanol–water partition coefficient (Wildman–Crippen LogP) is 0.550. The summed E-state index contributed by atoms with van der Waals surface area (Å²) in [5.41, 5.74) is 1.08. The third-order valence-corrected chi connectivity index (χ3v) is 5.43. The number of ether oxygens (including phenoxy) is 1. The van der Waals surface area contributed by atoms with Crippen LogP contribution in [0.25, 0.3) is 0 Å². The number of carbonyl (C=O) groups excluding carboxylic acids is 1. The molecule has 1 aliphatic rings. The first-order valence-corrected chi connectivity index (χ1v) is 8.37. The molecule has 2 rings (SSSR count). The van der Waals surface area contributed by atoms with E-state index < -0.39 is 16.0 Å². The van der Waals surface area contributed by atoms with Crippen LogP contribution in [0.1, 0.15) is 15.9 Å². The van der Waals surface area contributed by atoms with E-state index >= 15 is 0 Å². The zero-order chi connectivity index (χ0) is 15.5. The molecule has 1 aliphatic heterocycles. The summed E-state index contributed by atoms with van der Waals surface area (Å²) in [6.45, 7) is 2.55. The highest BCUT2D eigenvalue weighted by molar-refractivity contribution is 7.88. The second kappa shape index (κ2) is 6.55. The zero-order valence-corrected chi connectivity index (χ0v) is 13.1. The third-order valence-electron chi connectivity index (χ3n) is 3.58. The van der Waals surface area contributed by atoms with Gasteiger partial charge in [0.05, 0.1) is 18.4 Å². The SMILES string of the molecule is COC(=O)c1ccc(CS(=O)(=O)N2CCN(C)CC2)cc1. The van der Waals surface area contributed by atoms with Crippen LogP contribution >= 0.6 is 0 Å². The molecule has 0 atom stereocenters. The van der Waals surface area contributed by atoms with Gasteiger partial charge in [0.2, 0.25) is 10.0 Å². The van der Waals surface area contributed by atoms with E-state index in [1.54, 1.807) is 24.3 Å². The van der Waals surface area contributed by atoms with Crippen LogP contribution in [-0.2, 0) is 20.5 Å². The molecule has 0 saturated carbocycles. The minimum atomic E-state index is -3.31. The van der Waals surface area contributed by atoms with E-state index in [0.29, 0.717) is 24.2 Å². The lowest BCUT2D eigenvalue weighted by molar-refractivity contribution is 0.0600. The Morgan fingerprint density at radius 1 is 1.14 bits per heavy atom. The highest BCUT2D eigenvalue weighted by Gasteiger charge is 2.25. The van der Waals surface area contributed by atoms with E-state index in [1.807, 2.05) is 7.05 Å². The molecule has 0 radical (unpaired) electrons. The van der Waals surface area contributed by atoms with Gasteiger partial charge in [0.1, 0.15) is 0 Å². The minimum absolute atomic E-state index is 0.0435. The van der Waals surface area contributed by atoms with E-state index in [2.05, 4.69) is 9.64 Å². The van der Waals surface area contributed by atoms with Crippen molar-refractivity contribution in [2.75, 3.05) is 40.3 Å². The average molecular weight is 312 g/mol. The molecule has 1 saturated heterocycles. The van der Waals surface area contributed by atoms with Crippen LogP contribution < -0.4 is 0 Å². The van der Waals surface area contributed by atoms with Crippen LogP contribution in [0, 0.1) is 0 Å². The molecular formula is C14H20N2O4S. The number of benzene rings is 1. The molecule has 6 nitrogen and oxygen atoms in total. The molecule has 1 aromatic carbocycles. The molecule has 0 unspecified atom stereocenters. The number of methoxy groups -OCH3 is 1.